The Kier molecular flexibility index (Phi) is 5.31. The summed E-state index contributed by atoms with van der Waals surface area (Å²) in [5.41, 5.74) is 2.32. The minimum Gasteiger partial charge on any atom is -0.357 e. The lowest BCUT2D eigenvalue weighted by atomic mass is 9.87. The molecule has 2 rings (SSSR count). The second-order valence-corrected chi connectivity index (χ2v) is 6.84. The molecule has 0 unspecified atom stereocenters. The van der Waals surface area contributed by atoms with E-state index in [4.69, 9.17) is 16.6 Å². The molecule has 1 aromatic rings. The number of nitrogens with zero attached hydrogens (tertiary/aromatic N) is 2. The molecule has 0 bridgehead atoms. The van der Waals surface area contributed by atoms with Crippen LogP contribution < -0.4 is 4.90 Å². The van der Waals surface area contributed by atoms with Gasteiger partial charge in [0.2, 0.25) is 0 Å². The third-order valence-electron chi connectivity index (χ3n) is 4.53. The van der Waals surface area contributed by atoms with Crippen LogP contribution in [0.5, 0.6) is 0 Å². The van der Waals surface area contributed by atoms with Crippen molar-refractivity contribution in [2.45, 2.75) is 64.3 Å². The lowest BCUT2D eigenvalue weighted by Gasteiger charge is -2.34. The summed E-state index contributed by atoms with van der Waals surface area (Å²) in [7, 11) is 2.19. The number of alkyl halides is 1. The van der Waals surface area contributed by atoms with Crippen molar-refractivity contribution in [3.8, 4) is 0 Å². The maximum Gasteiger partial charge on any atom is 0.129 e. The van der Waals surface area contributed by atoms with Crippen molar-refractivity contribution < 1.29 is 0 Å². The van der Waals surface area contributed by atoms with Crippen molar-refractivity contribution in [3.63, 3.8) is 0 Å². The lowest BCUT2D eigenvalue weighted by Crippen LogP contribution is -2.35. The molecule has 20 heavy (non-hydrogen) atoms. The highest BCUT2D eigenvalue weighted by atomic mass is 35.5. The van der Waals surface area contributed by atoms with Gasteiger partial charge < -0.3 is 4.90 Å². The molecule has 2 nitrogen and oxygen atoms in total. The van der Waals surface area contributed by atoms with Crippen LogP contribution >= 0.6 is 11.6 Å². The molecule has 1 aliphatic carbocycles. The minimum atomic E-state index is 0.441. The molecule has 0 N–H and O–H groups in total. The Morgan fingerprint density at radius 3 is 2.45 bits per heavy atom. The molecule has 0 atom stereocenters. The molecule has 1 fully saturated rings. The van der Waals surface area contributed by atoms with Gasteiger partial charge in [0.25, 0.3) is 0 Å². The molecule has 0 radical (unpaired) electrons. The summed E-state index contributed by atoms with van der Waals surface area (Å²) in [6.07, 6.45) is 5.23. The molecule has 0 saturated heterocycles. The van der Waals surface area contributed by atoms with E-state index in [2.05, 4.69) is 44.9 Å². The molecular formula is C17H27ClN2. The van der Waals surface area contributed by atoms with Gasteiger partial charge in [-0.1, -0.05) is 20.8 Å². The molecule has 1 saturated carbocycles. The van der Waals surface area contributed by atoms with Crippen molar-refractivity contribution in [1.82, 2.24) is 4.98 Å². The summed E-state index contributed by atoms with van der Waals surface area (Å²) >= 11 is 6.04. The highest BCUT2D eigenvalue weighted by Crippen LogP contribution is 2.30. The van der Waals surface area contributed by atoms with E-state index in [0.29, 0.717) is 17.8 Å². The van der Waals surface area contributed by atoms with Crippen molar-refractivity contribution in [2.24, 2.45) is 5.92 Å². The van der Waals surface area contributed by atoms with Crippen molar-refractivity contribution in [1.29, 1.82) is 0 Å². The molecule has 3 heteroatoms. The Balaban J connectivity index is 2.20. The van der Waals surface area contributed by atoms with E-state index in [9.17, 15) is 0 Å². The first-order valence-corrected chi connectivity index (χ1v) is 8.34. The summed E-state index contributed by atoms with van der Waals surface area (Å²) in [6.45, 7) is 6.73. The SMILES string of the molecule is CC1CCC(N(C)c2cc(CCl)cc(C(C)C)n2)CC1. The van der Waals surface area contributed by atoms with Crippen LogP contribution in [-0.4, -0.2) is 18.1 Å². The van der Waals surface area contributed by atoms with Crippen molar-refractivity contribution >= 4 is 17.4 Å². The van der Waals surface area contributed by atoms with E-state index in [1.807, 2.05) is 0 Å². The fourth-order valence-electron chi connectivity index (χ4n) is 2.96. The fourth-order valence-corrected chi connectivity index (χ4v) is 3.12. The van der Waals surface area contributed by atoms with Crippen LogP contribution in [0.1, 0.15) is 63.6 Å². The Morgan fingerprint density at radius 1 is 1.25 bits per heavy atom. The average Bonchev–Trinajstić information content (AvgIpc) is 2.46. The Hall–Kier alpha value is -0.760. The van der Waals surface area contributed by atoms with Gasteiger partial charge in [0.1, 0.15) is 5.82 Å². The maximum atomic E-state index is 6.04. The number of hydrogen-bond acceptors (Lipinski definition) is 2. The molecular weight excluding hydrogens is 268 g/mol. The van der Waals surface area contributed by atoms with Gasteiger partial charge in [-0.05, 0) is 55.2 Å². The highest BCUT2D eigenvalue weighted by molar-refractivity contribution is 6.17. The zero-order valence-corrected chi connectivity index (χ0v) is 14.0. The largest absolute Gasteiger partial charge is 0.357 e. The number of halogens is 1. The van der Waals surface area contributed by atoms with Gasteiger partial charge in [0.05, 0.1) is 0 Å². The standard InChI is InChI=1S/C17H27ClN2/c1-12(2)16-9-14(11-18)10-17(19-16)20(4)15-7-5-13(3)6-8-15/h9-10,12-13,15H,5-8,11H2,1-4H3. The molecule has 1 heterocycles. The quantitative estimate of drug-likeness (QED) is 0.730. The topological polar surface area (TPSA) is 16.1 Å². The van der Waals surface area contributed by atoms with Crippen molar-refractivity contribution in [3.05, 3.63) is 23.4 Å². The first-order valence-electron chi connectivity index (χ1n) is 7.81. The van der Waals surface area contributed by atoms with E-state index in [-0.39, 0.29) is 0 Å². The second kappa shape index (κ2) is 6.80. The molecule has 0 aromatic carbocycles. The smallest absolute Gasteiger partial charge is 0.129 e. The van der Waals surface area contributed by atoms with Crippen LogP contribution in [0.25, 0.3) is 0 Å². The summed E-state index contributed by atoms with van der Waals surface area (Å²) in [5, 5.41) is 0. The Labute approximate surface area is 128 Å². The molecule has 0 amide bonds. The first-order chi connectivity index (χ1) is 9.51. The van der Waals surface area contributed by atoms with Crippen LogP contribution in [0.4, 0.5) is 5.82 Å². The lowest BCUT2D eigenvalue weighted by molar-refractivity contribution is 0.340. The van der Waals surface area contributed by atoms with Gasteiger partial charge in [-0.2, -0.15) is 0 Å². The number of aromatic nitrogens is 1. The minimum absolute atomic E-state index is 0.441. The van der Waals surface area contributed by atoms with Gasteiger partial charge in [-0.25, -0.2) is 4.98 Å². The zero-order chi connectivity index (χ0) is 14.7. The molecule has 112 valence electrons. The van der Waals surface area contributed by atoms with E-state index in [1.165, 1.54) is 31.2 Å². The molecule has 1 aromatic heterocycles. The molecule has 1 aliphatic rings. The third-order valence-corrected chi connectivity index (χ3v) is 4.84. The summed E-state index contributed by atoms with van der Waals surface area (Å²) in [4.78, 5) is 7.21. The molecule has 0 spiro atoms. The average molecular weight is 295 g/mol. The number of rotatable bonds is 4. The first kappa shape index (κ1) is 15.6. The number of pyridine rings is 1. The van der Waals surface area contributed by atoms with E-state index >= 15 is 0 Å². The number of anilines is 1. The Morgan fingerprint density at radius 2 is 1.90 bits per heavy atom. The van der Waals surface area contributed by atoms with E-state index in [1.54, 1.807) is 0 Å². The van der Waals surface area contributed by atoms with Crippen LogP contribution in [0.3, 0.4) is 0 Å². The van der Waals surface area contributed by atoms with Crippen LogP contribution in [0.2, 0.25) is 0 Å². The monoisotopic (exact) mass is 294 g/mol. The van der Waals surface area contributed by atoms with Crippen molar-refractivity contribution in [2.75, 3.05) is 11.9 Å². The van der Waals surface area contributed by atoms with E-state index < -0.39 is 0 Å². The predicted octanol–water partition coefficient (Wildman–Crippen LogP) is 4.96. The zero-order valence-electron chi connectivity index (χ0n) is 13.2. The second-order valence-electron chi connectivity index (χ2n) is 6.57. The maximum absolute atomic E-state index is 6.04. The van der Waals surface area contributed by atoms with Gasteiger partial charge >= 0.3 is 0 Å². The van der Waals surface area contributed by atoms with Gasteiger partial charge in [-0.3, -0.25) is 0 Å². The summed E-state index contributed by atoms with van der Waals surface area (Å²) < 4.78 is 0. The Bertz CT molecular complexity index is 437. The van der Waals surface area contributed by atoms with E-state index in [0.717, 1.165) is 17.4 Å². The van der Waals surface area contributed by atoms with Crippen LogP contribution in [0, 0.1) is 5.92 Å². The highest BCUT2D eigenvalue weighted by Gasteiger charge is 2.23. The normalized spacial score (nSPS) is 23.1. The predicted molar refractivity (Wildman–Crippen MR) is 87.7 cm³/mol. The summed E-state index contributed by atoms with van der Waals surface area (Å²) in [5.74, 6) is 2.97. The molecule has 0 aliphatic heterocycles. The van der Waals surface area contributed by atoms with Gasteiger partial charge in [-0.15, -0.1) is 11.6 Å². The summed E-state index contributed by atoms with van der Waals surface area (Å²) in [6, 6.07) is 4.92. The van der Waals surface area contributed by atoms with Gasteiger partial charge in [0.15, 0.2) is 0 Å². The van der Waals surface area contributed by atoms with Gasteiger partial charge in [0, 0.05) is 24.7 Å². The third kappa shape index (κ3) is 3.66. The number of hydrogen-bond donors (Lipinski definition) is 0. The fraction of sp³-hybridized carbons (Fsp3) is 0.706. The van der Waals surface area contributed by atoms with Crippen LogP contribution in [-0.2, 0) is 5.88 Å². The van der Waals surface area contributed by atoms with Crippen LogP contribution in [0.15, 0.2) is 12.1 Å².